The molecule has 0 aromatic heterocycles. The molecule has 24 heavy (non-hydrogen) atoms. The molecule has 0 heterocycles. The van der Waals surface area contributed by atoms with E-state index >= 15 is 0 Å². The van der Waals surface area contributed by atoms with Crippen molar-refractivity contribution in [3.8, 4) is 11.5 Å². The van der Waals surface area contributed by atoms with Crippen LogP contribution in [0.4, 0.5) is 5.69 Å². The van der Waals surface area contributed by atoms with E-state index in [-0.39, 0.29) is 16.9 Å². The Morgan fingerprint density at radius 1 is 1.17 bits per heavy atom. The molecule has 0 bridgehead atoms. The van der Waals surface area contributed by atoms with Gasteiger partial charge in [-0.15, -0.1) is 0 Å². The van der Waals surface area contributed by atoms with Gasteiger partial charge in [0, 0.05) is 28.4 Å². The highest BCUT2D eigenvalue weighted by atomic mass is 16.5. The fraction of sp³-hybridized carbons (Fsp3) is 0.250. The predicted molar refractivity (Wildman–Crippen MR) is 97.6 cm³/mol. The van der Waals surface area contributed by atoms with Gasteiger partial charge >= 0.3 is 0 Å². The van der Waals surface area contributed by atoms with Gasteiger partial charge < -0.3 is 15.6 Å². The molecule has 4 heteroatoms. The Hall–Kier alpha value is -2.75. The van der Waals surface area contributed by atoms with Crippen molar-refractivity contribution in [3.05, 3.63) is 59.2 Å². The van der Waals surface area contributed by atoms with Crippen LogP contribution in [-0.4, -0.2) is 18.0 Å². The number of phenols is 1. The molecular weight excluding hydrogens is 302 g/mol. The normalized spacial score (nSPS) is 11.7. The van der Waals surface area contributed by atoms with Crippen LogP contribution < -0.4 is 10.5 Å². The minimum absolute atomic E-state index is 0.123. The number of carbonyl (C=O) groups is 1. The lowest BCUT2D eigenvalue weighted by molar-refractivity contribution is 0.104. The average molecular weight is 325 g/mol. The summed E-state index contributed by atoms with van der Waals surface area (Å²) in [5, 5.41) is 10.2. The lowest BCUT2D eigenvalue weighted by Crippen LogP contribution is -2.11. The van der Waals surface area contributed by atoms with Crippen LogP contribution in [-0.2, 0) is 5.41 Å². The molecule has 0 amide bonds. The van der Waals surface area contributed by atoms with Crippen molar-refractivity contribution in [3.63, 3.8) is 0 Å². The highest BCUT2D eigenvalue weighted by Gasteiger charge is 2.20. The number of hydrogen-bond donors (Lipinski definition) is 2. The standard InChI is InChI=1S/C20H23NO3/c1-20(2,3)16-11-14(19(24-4)12-18(16)23)7-10-17(22)13-5-8-15(21)9-6-13/h5-12,23H,21H2,1-4H3/b10-7+. The molecule has 126 valence electrons. The lowest BCUT2D eigenvalue weighted by Gasteiger charge is -2.22. The maximum atomic E-state index is 12.3. The minimum Gasteiger partial charge on any atom is -0.508 e. The predicted octanol–water partition coefficient (Wildman–Crippen LogP) is 4.18. The number of ketones is 1. The van der Waals surface area contributed by atoms with Crippen LogP contribution in [0.15, 0.2) is 42.5 Å². The molecule has 0 aliphatic carbocycles. The fourth-order valence-electron chi connectivity index (χ4n) is 2.40. The first kappa shape index (κ1) is 17.6. The van der Waals surface area contributed by atoms with E-state index in [4.69, 9.17) is 10.5 Å². The van der Waals surface area contributed by atoms with Crippen molar-refractivity contribution in [1.82, 2.24) is 0 Å². The third kappa shape index (κ3) is 3.96. The first-order chi connectivity index (χ1) is 11.2. The van der Waals surface area contributed by atoms with Crippen molar-refractivity contribution < 1.29 is 14.6 Å². The molecule has 2 aromatic rings. The van der Waals surface area contributed by atoms with E-state index in [2.05, 4.69) is 0 Å². The van der Waals surface area contributed by atoms with Gasteiger partial charge in [0.05, 0.1) is 7.11 Å². The van der Waals surface area contributed by atoms with E-state index in [1.165, 1.54) is 13.2 Å². The number of hydrogen-bond acceptors (Lipinski definition) is 4. The molecule has 0 aliphatic heterocycles. The molecule has 2 aromatic carbocycles. The largest absolute Gasteiger partial charge is 0.508 e. The molecular formula is C20H23NO3. The molecule has 0 spiro atoms. The number of allylic oxidation sites excluding steroid dienone is 1. The molecule has 0 atom stereocenters. The zero-order chi connectivity index (χ0) is 17.9. The van der Waals surface area contributed by atoms with Gasteiger partial charge in [-0.1, -0.05) is 20.8 Å². The molecule has 0 unspecified atom stereocenters. The summed E-state index contributed by atoms with van der Waals surface area (Å²) >= 11 is 0. The van der Waals surface area contributed by atoms with Crippen LogP contribution in [0.3, 0.4) is 0 Å². The SMILES string of the molecule is COc1cc(O)c(C(C)(C)C)cc1/C=C/C(=O)c1ccc(N)cc1. The number of phenolic OH excluding ortho intramolecular Hbond substituents is 1. The number of rotatable bonds is 4. The Morgan fingerprint density at radius 3 is 2.33 bits per heavy atom. The van der Waals surface area contributed by atoms with Crippen molar-refractivity contribution >= 4 is 17.5 Å². The van der Waals surface area contributed by atoms with Gasteiger partial charge in [0.15, 0.2) is 5.78 Å². The van der Waals surface area contributed by atoms with Crippen molar-refractivity contribution in [2.45, 2.75) is 26.2 Å². The minimum atomic E-state index is -0.222. The third-order valence-corrected chi connectivity index (χ3v) is 3.77. The van der Waals surface area contributed by atoms with Crippen LogP contribution in [0.1, 0.15) is 42.3 Å². The zero-order valence-corrected chi connectivity index (χ0v) is 14.5. The summed E-state index contributed by atoms with van der Waals surface area (Å²) in [5.74, 6) is 0.575. The molecule has 4 nitrogen and oxygen atoms in total. The second-order valence-corrected chi connectivity index (χ2v) is 6.68. The third-order valence-electron chi connectivity index (χ3n) is 3.77. The second kappa shape index (κ2) is 6.79. The second-order valence-electron chi connectivity index (χ2n) is 6.68. The molecule has 0 radical (unpaired) electrons. The van der Waals surface area contributed by atoms with Crippen LogP contribution in [0.25, 0.3) is 6.08 Å². The van der Waals surface area contributed by atoms with Gasteiger partial charge in [0.25, 0.3) is 0 Å². The lowest BCUT2D eigenvalue weighted by atomic mass is 9.85. The Balaban J connectivity index is 2.37. The first-order valence-corrected chi connectivity index (χ1v) is 7.72. The quantitative estimate of drug-likeness (QED) is 0.502. The number of ether oxygens (including phenoxy) is 1. The van der Waals surface area contributed by atoms with E-state index in [0.717, 1.165) is 11.1 Å². The highest BCUT2D eigenvalue weighted by molar-refractivity contribution is 6.07. The Morgan fingerprint density at radius 2 is 1.79 bits per heavy atom. The summed E-state index contributed by atoms with van der Waals surface area (Å²) in [6.45, 7) is 6.05. The number of aromatic hydroxyl groups is 1. The van der Waals surface area contributed by atoms with Gasteiger partial charge in [0.2, 0.25) is 0 Å². The monoisotopic (exact) mass is 325 g/mol. The van der Waals surface area contributed by atoms with Gasteiger partial charge in [-0.05, 0) is 47.9 Å². The highest BCUT2D eigenvalue weighted by Crippen LogP contribution is 2.36. The smallest absolute Gasteiger partial charge is 0.185 e. The molecule has 0 fully saturated rings. The van der Waals surface area contributed by atoms with Crippen LogP contribution >= 0.6 is 0 Å². The molecule has 0 aliphatic rings. The van der Waals surface area contributed by atoms with E-state index in [0.29, 0.717) is 17.0 Å². The van der Waals surface area contributed by atoms with Crippen LogP contribution in [0.5, 0.6) is 11.5 Å². The Bertz CT molecular complexity index is 769. The van der Waals surface area contributed by atoms with Gasteiger partial charge in [0.1, 0.15) is 11.5 Å². The molecule has 2 rings (SSSR count). The molecule has 3 N–H and O–H groups in total. The number of methoxy groups -OCH3 is 1. The van der Waals surface area contributed by atoms with Crippen molar-refractivity contribution in [1.29, 1.82) is 0 Å². The number of benzene rings is 2. The summed E-state index contributed by atoms with van der Waals surface area (Å²) in [7, 11) is 1.53. The maximum Gasteiger partial charge on any atom is 0.185 e. The number of carbonyl (C=O) groups excluding carboxylic acids is 1. The van der Waals surface area contributed by atoms with E-state index in [9.17, 15) is 9.90 Å². The van der Waals surface area contributed by atoms with Crippen molar-refractivity contribution in [2.24, 2.45) is 0 Å². The Kier molecular flexibility index (Phi) is 4.98. The zero-order valence-electron chi connectivity index (χ0n) is 14.5. The van der Waals surface area contributed by atoms with Crippen LogP contribution in [0.2, 0.25) is 0 Å². The summed E-state index contributed by atoms with van der Waals surface area (Å²) in [4.78, 5) is 12.3. The summed E-state index contributed by atoms with van der Waals surface area (Å²) in [5.41, 5.74) is 8.12. The fourth-order valence-corrected chi connectivity index (χ4v) is 2.40. The summed E-state index contributed by atoms with van der Waals surface area (Å²) in [6, 6.07) is 10.2. The van der Waals surface area contributed by atoms with E-state index in [1.807, 2.05) is 26.8 Å². The topological polar surface area (TPSA) is 72.5 Å². The summed E-state index contributed by atoms with van der Waals surface area (Å²) < 4.78 is 5.31. The van der Waals surface area contributed by atoms with Gasteiger partial charge in [-0.3, -0.25) is 4.79 Å². The molecule has 0 saturated carbocycles. The van der Waals surface area contributed by atoms with Gasteiger partial charge in [-0.2, -0.15) is 0 Å². The Labute approximate surface area is 142 Å². The summed E-state index contributed by atoms with van der Waals surface area (Å²) in [6.07, 6.45) is 3.19. The van der Waals surface area contributed by atoms with E-state index in [1.54, 1.807) is 36.4 Å². The average Bonchev–Trinajstić information content (AvgIpc) is 2.52. The van der Waals surface area contributed by atoms with E-state index < -0.39 is 0 Å². The number of nitrogen functional groups attached to an aromatic ring is 1. The first-order valence-electron chi connectivity index (χ1n) is 7.72. The molecule has 0 saturated heterocycles. The van der Waals surface area contributed by atoms with Crippen molar-refractivity contribution in [2.75, 3.05) is 12.8 Å². The van der Waals surface area contributed by atoms with Crippen LogP contribution in [0, 0.1) is 0 Å². The van der Waals surface area contributed by atoms with Gasteiger partial charge in [-0.25, -0.2) is 0 Å². The number of nitrogens with two attached hydrogens (primary N) is 1. The number of anilines is 1. The maximum absolute atomic E-state index is 12.3.